The highest BCUT2D eigenvalue weighted by molar-refractivity contribution is 5.97. The predicted molar refractivity (Wildman–Crippen MR) is 96.5 cm³/mol. The average molecular weight is 366 g/mol. The van der Waals surface area contributed by atoms with E-state index in [1.54, 1.807) is 35.4 Å². The Morgan fingerprint density at radius 2 is 2.07 bits per heavy atom. The van der Waals surface area contributed by atoms with Crippen molar-refractivity contribution in [2.24, 2.45) is 0 Å². The van der Waals surface area contributed by atoms with Crippen LogP contribution in [0, 0.1) is 6.92 Å². The number of amides is 2. The number of hydrogen-bond acceptors (Lipinski definition) is 5. The predicted octanol–water partition coefficient (Wildman–Crippen LogP) is 3.04. The molecule has 2 amide bonds. The van der Waals surface area contributed by atoms with Gasteiger partial charge in [0.25, 0.3) is 11.8 Å². The summed E-state index contributed by atoms with van der Waals surface area (Å²) in [6.45, 7) is 2.44. The Labute approximate surface area is 155 Å². The Hall–Kier alpha value is -3.48. The summed E-state index contributed by atoms with van der Waals surface area (Å²) < 4.78 is 16.3. The van der Waals surface area contributed by atoms with Crippen molar-refractivity contribution in [2.75, 3.05) is 11.5 Å². The van der Waals surface area contributed by atoms with Crippen LogP contribution in [0.4, 0.5) is 5.69 Å². The van der Waals surface area contributed by atoms with Gasteiger partial charge in [0.15, 0.2) is 12.4 Å². The van der Waals surface area contributed by atoms with Crippen molar-refractivity contribution in [3.63, 3.8) is 0 Å². The molecule has 0 bridgehead atoms. The zero-order chi connectivity index (χ0) is 18.8. The molecule has 7 nitrogen and oxygen atoms in total. The summed E-state index contributed by atoms with van der Waals surface area (Å²) in [6.07, 6.45) is 1.55. The molecule has 3 heterocycles. The molecule has 7 heteroatoms. The van der Waals surface area contributed by atoms with E-state index in [2.05, 4.69) is 5.32 Å². The van der Waals surface area contributed by atoms with Crippen molar-refractivity contribution in [1.82, 2.24) is 5.32 Å². The topological polar surface area (TPSA) is 84.9 Å². The second-order valence-electron chi connectivity index (χ2n) is 6.27. The van der Waals surface area contributed by atoms with Gasteiger partial charge in [0.1, 0.15) is 17.3 Å². The highest BCUT2D eigenvalue weighted by atomic mass is 16.5. The molecule has 0 saturated carbocycles. The van der Waals surface area contributed by atoms with Crippen LogP contribution in [0.1, 0.15) is 27.6 Å². The number of fused-ring (bicyclic) bond motifs is 1. The lowest BCUT2D eigenvalue weighted by Gasteiger charge is -2.28. The summed E-state index contributed by atoms with van der Waals surface area (Å²) in [5.74, 6) is 1.51. The maximum absolute atomic E-state index is 12.3. The van der Waals surface area contributed by atoms with E-state index >= 15 is 0 Å². The molecule has 0 saturated heterocycles. The highest BCUT2D eigenvalue weighted by Gasteiger charge is 2.26. The Kier molecular flexibility index (Phi) is 4.42. The first-order chi connectivity index (χ1) is 13.1. The van der Waals surface area contributed by atoms with Crippen molar-refractivity contribution < 1.29 is 23.2 Å². The van der Waals surface area contributed by atoms with E-state index in [-0.39, 0.29) is 37.3 Å². The van der Waals surface area contributed by atoms with Crippen LogP contribution in [0.3, 0.4) is 0 Å². The fraction of sp³-hybridized carbons (Fsp3) is 0.200. The van der Waals surface area contributed by atoms with Crippen LogP contribution in [0.15, 0.2) is 57.6 Å². The van der Waals surface area contributed by atoms with Crippen LogP contribution < -0.4 is 15.0 Å². The first-order valence-corrected chi connectivity index (χ1v) is 8.53. The number of hydrogen-bond donors (Lipinski definition) is 1. The maximum Gasteiger partial charge on any atom is 0.287 e. The highest BCUT2D eigenvalue weighted by Crippen LogP contribution is 2.34. The van der Waals surface area contributed by atoms with E-state index in [1.807, 2.05) is 25.1 Å². The number of anilines is 1. The van der Waals surface area contributed by atoms with E-state index in [1.165, 1.54) is 0 Å². The molecule has 0 unspecified atom stereocenters. The smallest absolute Gasteiger partial charge is 0.287 e. The van der Waals surface area contributed by atoms with Gasteiger partial charge >= 0.3 is 0 Å². The summed E-state index contributed by atoms with van der Waals surface area (Å²) in [6, 6.07) is 12.5. The lowest BCUT2D eigenvalue weighted by atomic mass is 10.1. The van der Waals surface area contributed by atoms with Crippen LogP contribution in [0.25, 0.3) is 0 Å². The first kappa shape index (κ1) is 17.0. The zero-order valence-corrected chi connectivity index (χ0v) is 14.7. The molecule has 0 atom stereocenters. The Bertz CT molecular complexity index is 974. The van der Waals surface area contributed by atoms with Crippen LogP contribution in [0.5, 0.6) is 5.75 Å². The first-order valence-electron chi connectivity index (χ1n) is 8.53. The van der Waals surface area contributed by atoms with Crippen LogP contribution in [0.2, 0.25) is 0 Å². The molecule has 1 aliphatic heterocycles. The second kappa shape index (κ2) is 7.03. The summed E-state index contributed by atoms with van der Waals surface area (Å²) in [7, 11) is 0. The van der Waals surface area contributed by atoms with Crippen molar-refractivity contribution >= 4 is 17.5 Å². The third-order valence-electron chi connectivity index (χ3n) is 4.26. The molecule has 27 heavy (non-hydrogen) atoms. The van der Waals surface area contributed by atoms with E-state index in [0.29, 0.717) is 23.0 Å². The quantitative estimate of drug-likeness (QED) is 0.750. The van der Waals surface area contributed by atoms with E-state index in [9.17, 15) is 9.59 Å². The van der Waals surface area contributed by atoms with Crippen LogP contribution in [-0.2, 0) is 17.9 Å². The monoisotopic (exact) mass is 366 g/mol. The lowest BCUT2D eigenvalue weighted by Crippen LogP contribution is -2.38. The standard InChI is InChI=1S/C20H18N2O5/c1-13-4-6-16-18(9-13)26-12-19(23)22(16)11-15-5-7-17(27-15)20(24)21-10-14-3-2-8-25-14/h2-9H,10-12H2,1H3,(H,21,24). The van der Waals surface area contributed by atoms with E-state index < -0.39 is 0 Å². The number of carbonyl (C=O) groups is 2. The van der Waals surface area contributed by atoms with Crippen LogP contribution >= 0.6 is 0 Å². The maximum atomic E-state index is 12.3. The molecular weight excluding hydrogens is 348 g/mol. The molecular formula is C20H18N2O5. The number of ether oxygens (including phenoxy) is 1. The molecule has 1 aromatic carbocycles. The molecule has 138 valence electrons. The summed E-state index contributed by atoms with van der Waals surface area (Å²) >= 11 is 0. The summed E-state index contributed by atoms with van der Waals surface area (Å²) in [4.78, 5) is 26.1. The fourth-order valence-corrected chi connectivity index (χ4v) is 2.89. The van der Waals surface area contributed by atoms with Gasteiger partial charge in [0.2, 0.25) is 0 Å². The molecule has 4 rings (SSSR count). The van der Waals surface area contributed by atoms with Crippen molar-refractivity contribution in [3.8, 4) is 5.75 Å². The van der Waals surface area contributed by atoms with Gasteiger partial charge in [-0.15, -0.1) is 0 Å². The van der Waals surface area contributed by atoms with Crippen LogP contribution in [-0.4, -0.2) is 18.4 Å². The number of rotatable bonds is 5. The molecule has 0 fully saturated rings. The van der Waals surface area contributed by atoms with Crippen molar-refractivity contribution in [1.29, 1.82) is 0 Å². The number of furan rings is 2. The van der Waals surface area contributed by atoms with E-state index in [4.69, 9.17) is 13.6 Å². The minimum absolute atomic E-state index is 0.0202. The van der Waals surface area contributed by atoms with Gasteiger partial charge in [-0.25, -0.2) is 0 Å². The molecule has 0 aliphatic carbocycles. The Morgan fingerprint density at radius 3 is 2.89 bits per heavy atom. The average Bonchev–Trinajstić information content (AvgIpc) is 3.34. The molecule has 0 radical (unpaired) electrons. The molecule has 2 aromatic heterocycles. The minimum Gasteiger partial charge on any atom is -0.482 e. The van der Waals surface area contributed by atoms with Gasteiger partial charge in [-0.05, 0) is 48.9 Å². The molecule has 3 aromatic rings. The number of nitrogens with one attached hydrogen (secondary N) is 1. The number of aryl methyl sites for hydroxylation is 1. The zero-order valence-electron chi connectivity index (χ0n) is 14.7. The van der Waals surface area contributed by atoms with Gasteiger partial charge in [-0.1, -0.05) is 6.07 Å². The fourth-order valence-electron chi connectivity index (χ4n) is 2.89. The second-order valence-corrected chi connectivity index (χ2v) is 6.27. The normalized spacial score (nSPS) is 13.2. The lowest BCUT2D eigenvalue weighted by molar-refractivity contribution is -0.121. The number of carbonyl (C=O) groups excluding carboxylic acids is 2. The van der Waals surface area contributed by atoms with Crippen molar-refractivity contribution in [2.45, 2.75) is 20.0 Å². The SMILES string of the molecule is Cc1ccc2c(c1)OCC(=O)N2Cc1ccc(C(=O)NCc2ccco2)o1. The van der Waals surface area contributed by atoms with E-state index in [0.717, 1.165) is 5.56 Å². The molecule has 0 spiro atoms. The molecule has 1 aliphatic rings. The minimum atomic E-state index is -0.345. The Morgan fingerprint density at radius 1 is 1.19 bits per heavy atom. The number of benzene rings is 1. The van der Waals surface area contributed by atoms with Gasteiger partial charge in [0.05, 0.1) is 25.0 Å². The summed E-state index contributed by atoms with van der Waals surface area (Å²) in [5.41, 5.74) is 1.74. The van der Waals surface area contributed by atoms with Gasteiger partial charge in [-0.3, -0.25) is 14.5 Å². The summed E-state index contributed by atoms with van der Waals surface area (Å²) in [5, 5.41) is 2.72. The largest absolute Gasteiger partial charge is 0.482 e. The van der Waals surface area contributed by atoms with Gasteiger partial charge < -0.3 is 18.9 Å². The van der Waals surface area contributed by atoms with Gasteiger partial charge in [0, 0.05) is 0 Å². The number of nitrogens with zero attached hydrogens (tertiary/aromatic N) is 1. The third-order valence-corrected chi connectivity index (χ3v) is 4.26. The third kappa shape index (κ3) is 3.57. The Balaban J connectivity index is 1.46. The van der Waals surface area contributed by atoms with Crippen molar-refractivity contribution in [3.05, 3.63) is 71.6 Å². The molecule has 1 N–H and O–H groups in total. The van der Waals surface area contributed by atoms with Gasteiger partial charge in [-0.2, -0.15) is 0 Å².